The molecule has 1 N–H and O–H groups in total. The van der Waals surface area contributed by atoms with Gasteiger partial charge in [-0.05, 0) is 24.3 Å². The van der Waals surface area contributed by atoms with Crippen LogP contribution in [0.1, 0.15) is 10.4 Å². The minimum Gasteiger partial charge on any atom is -0.465 e. The molecule has 160 valence electrons. The lowest BCUT2D eigenvalue weighted by Gasteiger charge is -2.35. The molecule has 0 spiro atoms. The van der Waals surface area contributed by atoms with Crippen molar-refractivity contribution >= 4 is 34.7 Å². The highest BCUT2D eigenvalue weighted by atomic mass is 16.5. The number of hydrogen-bond acceptors (Lipinski definition) is 7. The minimum atomic E-state index is -0.520. The molecule has 10 nitrogen and oxygen atoms in total. The van der Waals surface area contributed by atoms with Crippen LogP contribution in [0.2, 0.25) is 0 Å². The largest absolute Gasteiger partial charge is 0.465 e. The van der Waals surface area contributed by atoms with Gasteiger partial charge in [-0.2, -0.15) is 0 Å². The van der Waals surface area contributed by atoms with Crippen molar-refractivity contribution in [3.05, 3.63) is 58.5 Å². The monoisotopic (exact) mass is 422 g/mol. The van der Waals surface area contributed by atoms with E-state index in [0.717, 1.165) is 0 Å². The number of nitrogens with zero attached hydrogens (tertiary/aromatic N) is 5. The van der Waals surface area contributed by atoms with Gasteiger partial charge in [0.2, 0.25) is 0 Å². The normalized spacial score (nSPS) is 13.9. The average Bonchev–Trinajstić information content (AvgIpc) is 2.81. The van der Waals surface area contributed by atoms with Gasteiger partial charge in [0.1, 0.15) is 5.52 Å². The zero-order chi connectivity index (χ0) is 22.0. The van der Waals surface area contributed by atoms with Gasteiger partial charge in [-0.3, -0.25) is 9.36 Å². The minimum absolute atomic E-state index is 0.226. The summed E-state index contributed by atoms with van der Waals surface area (Å²) in [5.41, 5.74) is 1.61. The Morgan fingerprint density at radius 3 is 2.55 bits per heavy atom. The van der Waals surface area contributed by atoms with Crippen molar-refractivity contribution in [3.8, 4) is 0 Å². The number of benzene rings is 1. The van der Waals surface area contributed by atoms with Crippen molar-refractivity contribution in [2.75, 3.05) is 43.5 Å². The van der Waals surface area contributed by atoms with Crippen LogP contribution in [-0.2, 0) is 11.8 Å². The van der Waals surface area contributed by atoms with Gasteiger partial charge in [0.25, 0.3) is 5.56 Å². The molecule has 3 heterocycles. The number of urea groups is 1. The Bertz CT molecular complexity index is 1200. The summed E-state index contributed by atoms with van der Waals surface area (Å²) in [5, 5.41) is 2.77. The van der Waals surface area contributed by atoms with Gasteiger partial charge in [0, 0.05) is 39.4 Å². The number of piperazine rings is 1. The number of pyridine rings is 1. The van der Waals surface area contributed by atoms with Crippen molar-refractivity contribution in [1.82, 2.24) is 19.4 Å². The highest BCUT2D eigenvalue weighted by Crippen LogP contribution is 2.18. The van der Waals surface area contributed by atoms with Crippen LogP contribution in [-0.4, -0.2) is 64.7 Å². The molecule has 1 aromatic carbocycles. The van der Waals surface area contributed by atoms with Gasteiger partial charge in [-0.1, -0.05) is 12.1 Å². The molecule has 0 saturated carbocycles. The summed E-state index contributed by atoms with van der Waals surface area (Å²) in [7, 11) is 2.96. The fraction of sp³-hybridized carbons (Fsp3) is 0.286. The molecule has 0 radical (unpaired) electrons. The van der Waals surface area contributed by atoms with Crippen molar-refractivity contribution in [2.24, 2.45) is 7.05 Å². The number of amides is 2. The van der Waals surface area contributed by atoms with Crippen molar-refractivity contribution < 1.29 is 14.3 Å². The zero-order valence-corrected chi connectivity index (χ0v) is 17.2. The van der Waals surface area contributed by atoms with Gasteiger partial charge < -0.3 is 19.9 Å². The topological polar surface area (TPSA) is 110 Å². The second-order valence-corrected chi connectivity index (χ2v) is 7.09. The lowest BCUT2D eigenvalue weighted by molar-refractivity contribution is 0.0602. The molecule has 3 aromatic rings. The number of carbonyl (C=O) groups excluding carboxylic acids is 2. The number of methoxy groups -OCH3 is 1. The lowest BCUT2D eigenvalue weighted by atomic mass is 10.2. The standard InChI is InChI=1S/C21H22N6O4/c1-25-17-16(8-5-9-22-17)23-18(19(25)28)26-10-12-27(13-11-26)21(30)24-15-7-4-3-6-14(15)20(29)31-2/h3-9H,10-13H2,1-2H3,(H,24,30). The summed E-state index contributed by atoms with van der Waals surface area (Å²) < 4.78 is 6.25. The predicted molar refractivity (Wildman–Crippen MR) is 115 cm³/mol. The van der Waals surface area contributed by atoms with Crippen LogP contribution in [0.4, 0.5) is 16.3 Å². The van der Waals surface area contributed by atoms with E-state index in [9.17, 15) is 14.4 Å². The third-order valence-corrected chi connectivity index (χ3v) is 5.25. The van der Waals surface area contributed by atoms with Crippen LogP contribution in [0.3, 0.4) is 0 Å². The molecule has 4 rings (SSSR count). The second-order valence-electron chi connectivity index (χ2n) is 7.09. The summed E-state index contributed by atoms with van der Waals surface area (Å²) in [6.45, 7) is 1.73. The molecule has 0 bridgehead atoms. The Morgan fingerprint density at radius 2 is 1.81 bits per heavy atom. The number of hydrogen-bond donors (Lipinski definition) is 1. The molecular weight excluding hydrogens is 400 g/mol. The van der Waals surface area contributed by atoms with Gasteiger partial charge in [-0.25, -0.2) is 19.6 Å². The van der Waals surface area contributed by atoms with E-state index in [1.807, 2.05) is 11.0 Å². The van der Waals surface area contributed by atoms with Gasteiger partial charge in [-0.15, -0.1) is 0 Å². The van der Waals surface area contributed by atoms with E-state index in [0.29, 0.717) is 48.8 Å². The number of anilines is 2. The maximum atomic E-state index is 12.8. The van der Waals surface area contributed by atoms with Crippen molar-refractivity contribution in [2.45, 2.75) is 0 Å². The van der Waals surface area contributed by atoms with Crippen LogP contribution >= 0.6 is 0 Å². The second kappa shape index (κ2) is 8.42. The van der Waals surface area contributed by atoms with E-state index in [4.69, 9.17) is 4.74 Å². The van der Waals surface area contributed by atoms with Gasteiger partial charge >= 0.3 is 12.0 Å². The Hall–Kier alpha value is -3.95. The number of fused-ring (bicyclic) bond motifs is 1. The van der Waals surface area contributed by atoms with Crippen LogP contribution in [0.25, 0.3) is 11.2 Å². The molecule has 0 aliphatic carbocycles. The Balaban J connectivity index is 1.47. The lowest BCUT2D eigenvalue weighted by Crippen LogP contribution is -2.51. The van der Waals surface area contributed by atoms with Gasteiger partial charge in [0.15, 0.2) is 11.5 Å². The van der Waals surface area contributed by atoms with Crippen LogP contribution < -0.4 is 15.8 Å². The Labute approximate surface area is 178 Å². The quantitative estimate of drug-likeness (QED) is 0.637. The number of aryl methyl sites for hydroxylation is 1. The van der Waals surface area contributed by atoms with Crippen LogP contribution in [0.15, 0.2) is 47.4 Å². The number of rotatable bonds is 3. The molecule has 1 fully saturated rings. The fourth-order valence-corrected chi connectivity index (χ4v) is 3.54. The molecule has 1 aliphatic rings. The van der Waals surface area contributed by atoms with Crippen molar-refractivity contribution in [1.29, 1.82) is 0 Å². The summed E-state index contributed by atoms with van der Waals surface area (Å²) in [6.07, 6.45) is 1.62. The third kappa shape index (κ3) is 3.91. The zero-order valence-electron chi connectivity index (χ0n) is 17.2. The first-order chi connectivity index (χ1) is 15.0. The van der Waals surface area contributed by atoms with Gasteiger partial charge in [0.05, 0.1) is 18.4 Å². The first-order valence-corrected chi connectivity index (χ1v) is 9.79. The smallest absolute Gasteiger partial charge is 0.339 e. The summed E-state index contributed by atoms with van der Waals surface area (Å²) >= 11 is 0. The van der Waals surface area contributed by atoms with Crippen LogP contribution in [0, 0.1) is 0 Å². The number of ether oxygens (including phenoxy) is 1. The summed E-state index contributed by atoms with van der Waals surface area (Å²) in [5.74, 6) is -0.174. The molecule has 0 atom stereocenters. The Kier molecular flexibility index (Phi) is 5.52. The molecular formula is C21H22N6O4. The maximum absolute atomic E-state index is 12.8. The molecule has 10 heteroatoms. The molecule has 1 saturated heterocycles. The van der Waals surface area contributed by atoms with E-state index >= 15 is 0 Å². The van der Waals surface area contributed by atoms with Crippen molar-refractivity contribution in [3.63, 3.8) is 0 Å². The molecule has 2 amide bonds. The third-order valence-electron chi connectivity index (χ3n) is 5.25. The first-order valence-electron chi connectivity index (χ1n) is 9.79. The highest BCUT2D eigenvalue weighted by molar-refractivity contribution is 6.00. The predicted octanol–water partition coefficient (Wildman–Crippen LogP) is 1.47. The summed E-state index contributed by atoms with van der Waals surface area (Å²) in [4.78, 5) is 49.6. The van der Waals surface area contributed by atoms with E-state index in [1.54, 1.807) is 48.5 Å². The molecule has 1 aliphatic heterocycles. The maximum Gasteiger partial charge on any atom is 0.339 e. The first kappa shape index (κ1) is 20.3. The van der Waals surface area contributed by atoms with Crippen LogP contribution in [0.5, 0.6) is 0 Å². The molecule has 2 aromatic heterocycles. The number of esters is 1. The number of carbonyl (C=O) groups is 2. The van der Waals surface area contributed by atoms with E-state index in [1.165, 1.54) is 11.7 Å². The van der Waals surface area contributed by atoms with E-state index in [-0.39, 0.29) is 17.2 Å². The fourth-order valence-electron chi connectivity index (χ4n) is 3.54. The number of para-hydroxylation sites is 1. The molecule has 31 heavy (non-hydrogen) atoms. The average molecular weight is 422 g/mol. The number of nitrogens with one attached hydrogen (secondary N) is 1. The summed E-state index contributed by atoms with van der Waals surface area (Å²) in [6, 6.07) is 9.95. The highest BCUT2D eigenvalue weighted by Gasteiger charge is 2.25. The number of aromatic nitrogens is 3. The molecule has 0 unspecified atom stereocenters. The van der Waals surface area contributed by atoms with E-state index in [2.05, 4.69) is 15.3 Å². The Morgan fingerprint density at radius 1 is 1.06 bits per heavy atom. The SMILES string of the molecule is COC(=O)c1ccccc1NC(=O)N1CCN(c2nc3cccnc3n(C)c2=O)CC1. The van der Waals surface area contributed by atoms with E-state index < -0.39 is 5.97 Å².